The second kappa shape index (κ2) is 6.12. The molecular weight excluding hydrogens is 326 g/mol. The number of halogens is 1. The van der Waals surface area contributed by atoms with E-state index in [1.165, 1.54) is 12.8 Å². The number of nitrogens with zero attached hydrogens (tertiary/aromatic N) is 2. The Morgan fingerprint density at radius 1 is 1.29 bits per heavy atom. The first kappa shape index (κ1) is 16.0. The molecule has 6 heteroatoms. The van der Waals surface area contributed by atoms with Crippen molar-refractivity contribution in [3.63, 3.8) is 0 Å². The van der Waals surface area contributed by atoms with Crippen molar-refractivity contribution in [1.29, 1.82) is 0 Å². The van der Waals surface area contributed by atoms with Gasteiger partial charge in [-0.05, 0) is 50.9 Å². The molecule has 0 saturated carbocycles. The molecule has 2 unspecified atom stereocenters. The molecular formula is C18H24ClN3O2. The van der Waals surface area contributed by atoms with Crippen molar-refractivity contribution in [2.45, 2.75) is 31.9 Å². The van der Waals surface area contributed by atoms with Crippen LogP contribution >= 0.6 is 11.6 Å². The number of rotatable bonds is 2. The standard InChI is InChI=1S/C18H24ClN3O2/c1-11-9-21(2)16-8-13(19)7-14(17(16)24-11)18(23)20-15-10-22-5-3-12(15)4-6-22/h7-8,11-12,15H,3-6,9-10H2,1-2H3,(H,20,23). The van der Waals surface area contributed by atoms with Crippen molar-refractivity contribution in [1.82, 2.24) is 10.2 Å². The Balaban J connectivity index is 1.60. The van der Waals surface area contributed by atoms with Crippen LogP contribution in [0.3, 0.4) is 0 Å². The van der Waals surface area contributed by atoms with E-state index in [1.54, 1.807) is 6.07 Å². The van der Waals surface area contributed by atoms with E-state index in [4.69, 9.17) is 16.3 Å². The molecule has 1 amide bonds. The summed E-state index contributed by atoms with van der Waals surface area (Å²) in [6, 6.07) is 3.82. The molecule has 5 rings (SSSR count). The topological polar surface area (TPSA) is 44.8 Å². The van der Waals surface area contributed by atoms with Crippen LogP contribution in [0.1, 0.15) is 30.1 Å². The van der Waals surface area contributed by atoms with Crippen molar-refractivity contribution in [2.24, 2.45) is 5.92 Å². The Morgan fingerprint density at radius 3 is 2.71 bits per heavy atom. The summed E-state index contributed by atoms with van der Waals surface area (Å²) in [6.07, 6.45) is 2.40. The van der Waals surface area contributed by atoms with E-state index in [-0.39, 0.29) is 18.1 Å². The predicted molar refractivity (Wildman–Crippen MR) is 95.2 cm³/mol. The number of piperidine rings is 3. The molecule has 5 nitrogen and oxygen atoms in total. The largest absolute Gasteiger partial charge is 0.486 e. The van der Waals surface area contributed by atoms with E-state index >= 15 is 0 Å². The summed E-state index contributed by atoms with van der Waals surface area (Å²) in [5, 5.41) is 3.80. The van der Waals surface area contributed by atoms with Crippen molar-refractivity contribution in [3.05, 3.63) is 22.7 Å². The van der Waals surface area contributed by atoms with Gasteiger partial charge in [-0.1, -0.05) is 11.6 Å². The van der Waals surface area contributed by atoms with E-state index in [2.05, 4.69) is 15.1 Å². The van der Waals surface area contributed by atoms with Crippen molar-refractivity contribution in [3.8, 4) is 5.75 Å². The SMILES string of the molecule is CC1CN(C)c2cc(Cl)cc(C(=O)NC3CN4CCC3CC4)c2O1. The summed E-state index contributed by atoms with van der Waals surface area (Å²) in [7, 11) is 2.00. The maximum atomic E-state index is 12.9. The smallest absolute Gasteiger partial charge is 0.255 e. The van der Waals surface area contributed by atoms with Crippen molar-refractivity contribution < 1.29 is 9.53 Å². The number of anilines is 1. The van der Waals surface area contributed by atoms with E-state index in [0.29, 0.717) is 22.3 Å². The summed E-state index contributed by atoms with van der Waals surface area (Å²) in [5.74, 6) is 1.17. The van der Waals surface area contributed by atoms with Crippen LogP contribution in [-0.4, -0.2) is 56.2 Å². The lowest BCUT2D eigenvalue weighted by Gasteiger charge is -2.45. The number of nitrogens with one attached hydrogen (secondary N) is 1. The molecule has 2 atom stereocenters. The fraction of sp³-hybridized carbons (Fsp3) is 0.611. The molecule has 130 valence electrons. The fourth-order valence-corrected chi connectivity index (χ4v) is 4.46. The number of hydrogen-bond donors (Lipinski definition) is 1. The van der Waals surface area contributed by atoms with Crippen LogP contribution in [0.2, 0.25) is 5.02 Å². The Morgan fingerprint density at radius 2 is 2.04 bits per heavy atom. The summed E-state index contributed by atoms with van der Waals surface area (Å²) in [6.45, 7) is 6.08. The zero-order valence-corrected chi connectivity index (χ0v) is 15.0. The highest BCUT2D eigenvalue weighted by atomic mass is 35.5. The molecule has 1 aromatic rings. The van der Waals surface area contributed by atoms with Gasteiger partial charge in [-0.3, -0.25) is 4.79 Å². The zero-order valence-electron chi connectivity index (χ0n) is 14.2. The highest BCUT2D eigenvalue weighted by Crippen LogP contribution is 2.39. The Hall–Kier alpha value is -1.46. The Labute approximate surface area is 147 Å². The highest BCUT2D eigenvalue weighted by Gasteiger charge is 2.36. The average Bonchev–Trinajstić information content (AvgIpc) is 2.56. The maximum Gasteiger partial charge on any atom is 0.255 e. The normalized spacial score (nSPS) is 31.4. The van der Waals surface area contributed by atoms with Crippen LogP contribution < -0.4 is 15.0 Å². The molecule has 24 heavy (non-hydrogen) atoms. The number of benzene rings is 1. The van der Waals surface area contributed by atoms with Crippen LogP contribution in [-0.2, 0) is 0 Å². The average molecular weight is 350 g/mol. The minimum Gasteiger partial charge on any atom is -0.486 e. The Bertz CT molecular complexity index is 658. The number of ether oxygens (including phenoxy) is 1. The van der Waals surface area contributed by atoms with Gasteiger partial charge in [0, 0.05) is 24.7 Å². The summed E-state index contributed by atoms with van der Waals surface area (Å²) >= 11 is 6.26. The van der Waals surface area contributed by atoms with Gasteiger partial charge in [0.05, 0.1) is 17.8 Å². The molecule has 0 spiro atoms. The molecule has 3 saturated heterocycles. The minimum atomic E-state index is -0.0741. The first-order chi connectivity index (χ1) is 11.5. The van der Waals surface area contributed by atoms with E-state index in [9.17, 15) is 4.79 Å². The quantitative estimate of drug-likeness (QED) is 0.890. The molecule has 1 N–H and O–H groups in total. The van der Waals surface area contributed by atoms with Gasteiger partial charge in [0.1, 0.15) is 6.10 Å². The lowest BCUT2D eigenvalue weighted by molar-refractivity contribution is 0.0617. The molecule has 4 heterocycles. The second-order valence-corrected chi connectivity index (χ2v) is 7.77. The molecule has 0 radical (unpaired) electrons. The van der Waals surface area contributed by atoms with Crippen LogP contribution in [0.25, 0.3) is 0 Å². The maximum absolute atomic E-state index is 12.9. The number of carbonyl (C=O) groups is 1. The molecule has 4 aliphatic heterocycles. The van der Waals surface area contributed by atoms with Crippen LogP contribution in [0.5, 0.6) is 5.75 Å². The van der Waals surface area contributed by atoms with Gasteiger partial charge in [-0.15, -0.1) is 0 Å². The Kier molecular flexibility index (Phi) is 4.09. The monoisotopic (exact) mass is 349 g/mol. The van der Waals surface area contributed by atoms with Crippen molar-refractivity contribution in [2.75, 3.05) is 38.1 Å². The van der Waals surface area contributed by atoms with Gasteiger partial charge in [-0.2, -0.15) is 0 Å². The van der Waals surface area contributed by atoms with Crippen LogP contribution in [0.15, 0.2) is 12.1 Å². The number of likely N-dealkylation sites (N-methyl/N-ethyl adjacent to an activating group) is 1. The fourth-order valence-electron chi connectivity index (χ4n) is 4.25. The van der Waals surface area contributed by atoms with E-state index in [1.807, 2.05) is 20.0 Å². The van der Waals surface area contributed by atoms with Gasteiger partial charge < -0.3 is 19.9 Å². The summed E-state index contributed by atoms with van der Waals surface area (Å²) < 4.78 is 5.99. The first-order valence-corrected chi connectivity index (χ1v) is 9.13. The molecule has 2 bridgehead atoms. The minimum absolute atomic E-state index is 0.0482. The van der Waals surface area contributed by atoms with Gasteiger partial charge in [0.2, 0.25) is 0 Å². The molecule has 0 aliphatic carbocycles. The summed E-state index contributed by atoms with van der Waals surface area (Å²) in [4.78, 5) is 17.5. The van der Waals surface area contributed by atoms with Gasteiger partial charge in [-0.25, -0.2) is 0 Å². The van der Waals surface area contributed by atoms with Crippen molar-refractivity contribution >= 4 is 23.2 Å². The van der Waals surface area contributed by atoms with E-state index in [0.717, 1.165) is 31.9 Å². The highest BCUT2D eigenvalue weighted by molar-refractivity contribution is 6.31. The van der Waals surface area contributed by atoms with Gasteiger partial charge >= 0.3 is 0 Å². The third-order valence-electron chi connectivity index (χ3n) is 5.51. The van der Waals surface area contributed by atoms with Crippen LogP contribution in [0.4, 0.5) is 5.69 Å². The second-order valence-electron chi connectivity index (χ2n) is 7.33. The van der Waals surface area contributed by atoms with Gasteiger partial charge in [0.25, 0.3) is 5.91 Å². The molecule has 3 fully saturated rings. The zero-order chi connectivity index (χ0) is 16.8. The third-order valence-corrected chi connectivity index (χ3v) is 5.73. The number of carbonyl (C=O) groups excluding carboxylic acids is 1. The first-order valence-electron chi connectivity index (χ1n) is 8.76. The summed E-state index contributed by atoms with van der Waals surface area (Å²) in [5.41, 5.74) is 1.44. The third kappa shape index (κ3) is 2.84. The molecule has 0 aromatic heterocycles. The lowest BCUT2D eigenvalue weighted by Crippen LogP contribution is -2.57. The number of amides is 1. The van der Waals surface area contributed by atoms with E-state index < -0.39 is 0 Å². The molecule has 1 aromatic carbocycles. The predicted octanol–water partition coefficient (Wildman–Crippen LogP) is 2.38. The van der Waals surface area contributed by atoms with Crippen LogP contribution in [0, 0.1) is 5.92 Å². The number of hydrogen-bond acceptors (Lipinski definition) is 4. The molecule has 4 aliphatic rings. The lowest BCUT2D eigenvalue weighted by atomic mass is 9.84. The van der Waals surface area contributed by atoms with Gasteiger partial charge in [0.15, 0.2) is 5.75 Å². The number of fused-ring (bicyclic) bond motifs is 4.